The van der Waals surface area contributed by atoms with Gasteiger partial charge in [0.1, 0.15) is 5.69 Å². The Morgan fingerprint density at radius 2 is 2.06 bits per heavy atom. The molecule has 16 heavy (non-hydrogen) atoms. The quantitative estimate of drug-likeness (QED) is 0.641. The highest BCUT2D eigenvalue weighted by Crippen LogP contribution is 2.09. The molecule has 0 atom stereocenters. The third-order valence-corrected chi connectivity index (χ3v) is 2.99. The van der Waals surface area contributed by atoms with Crippen LogP contribution in [0.3, 0.4) is 0 Å². The Hall–Kier alpha value is -1.17. The molecular formula is C12H11IN2O. The van der Waals surface area contributed by atoms with Crippen LogP contribution >= 0.6 is 22.6 Å². The number of nitrogens with zero attached hydrogens (tertiary/aromatic N) is 2. The Bertz CT molecular complexity index is 502. The predicted octanol–water partition coefficient (Wildman–Crippen LogP) is 2.45. The van der Waals surface area contributed by atoms with Crippen LogP contribution in [-0.4, -0.2) is 15.3 Å². The van der Waals surface area contributed by atoms with Gasteiger partial charge in [0, 0.05) is 23.2 Å². The van der Waals surface area contributed by atoms with Crippen LogP contribution in [0.2, 0.25) is 0 Å². The maximum absolute atomic E-state index is 11.8. The highest BCUT2D eigenvalue weighted by atomic mass is 127. The zero-order chi connectivity index (χ0) is 11.5. The molecular weight excluding hydrogens is 315 g/mol. The lowest BCUT2D eigenvalue weighted by Crippen LogP contribution is -2.03. The zero-order valence-electron chi connectivity index (χ0n) is 8.85. The van der Waals surface area contributed by atoms with Crippen molar-refractivity contribution >= 4 is 28.4 Å². The Kier molecular flexibility index (Phi) is 3.38. The third-order valence-electron chi connectivity index (χ3n) is 2.27. The van der Waals surface area contributed by atoms with Crippen molar-refractivity contribution in [1.29, 1.82) is 0 Å². The minimum Gasteiger partial charge on any atom is -0.340 e. The van der Waals surface area contributed by atoms with Crippen LogP contribution in [0.25, 0.3) is 0 Å². The molecule has 1 heterocycles. The fourth-order valence-electron chi connectivity index (χ4n) is 1.44. The van der Waals surface area contributed by atoms with Crippen LogP contribution < -0.4 is 0 Å². The number of Topliss-reactive ketones (excluding diaryl/α,β-unsaturated/α-hetero) is 1. The molecule has 0 N–H and O–H groups in total. The van der Waals surface area contributed by atoms with Gasteiger partial charge in [0.2, 0.25) is 0 Å². The number of carbonyl (C=O) groups is 1. The summed E-state index contributed by atoms with van der Waals surface area (Å²) in [4.78, 5) is 15.9. The average molecular weight is 326 g/mol. The third kappa shape index (κ3) is 2.69. The van der Waals surface area contributed by atoms with Gasteiger partial charge < -0.3 is 4.57 Å². The van der Waals surface area contributed by atoms with Gasteiger partial charge in [0.15, 0.2) is 5.78 Å². The molecule has 0 fully saturated rings. The molecule has 0 unspecified atom stereocenters. The maximum atomic E-state index is 11.8. The summed E-state index contributed by atoms with van der Waals surface area (Å²) in [6, 6.07) is 7.95. The second kappa shape index (κ2) is 4.78. The number of hydrogen-bond acceptors (Lipinski definition) is 2. The van der Waals surface area contributed by atoms with E-state index >= 15 is 0 Å². The van der Waals surface area contributed by atoms with Gasteiger partial charge in [-0.05, 0) is 40.3 Å². The van der Waals surface area contributed by atoms with Gasteiger partial charge in [0.25, 0.3) is 0 Å². The fourth-order valence-corrected chi connectivity index (χ4v) is 1.79. The van der Waals surface area contributed by atoms with E-state index in [-0.39, 0.29) is 5.78 Å². The lowest BCUT2D eigenvalue weighted by Gasteiger charge is -1.98. The Balaban J connectivity index is 2.10. The first-order valence-electron chi connectivity index (χ1n) is 4.91. The molecule has 0 spiro atoms. The van der Waals surface area contributed by atoms with E-state index in [9.17, 15) is 4.79 Å². The van der Waals surface area contributed by atoms with E-state index < -0.39 is 0 Å². The second-order valence-corrected chi connectivity index (χ2v) is 4.90. The fraction of sp³-hybridized carbons (Fsp3) is 0.167. The molecule has 0 aliphatic rings. The number of hydrogen-bond donors (Lipinski definition) is 0. The van der Waals surface area contributed by atoms with Crippen LogP contribution in [0.1, 0.15) is 16.1 Å². The van der Waals surface area contributed by atoms with Crippen LogP contribution in [-0.2, 0) is 13.5 Å². The van der Waals surface area contributed by atoms with Crippen molar-refractivity contribution in [3.8, 4) is 0 Å². The van der Waals surface area contributed by atoms with Crippen LogP contribution in [0.5, 0.6) is 0 Å². The number of rotatable bonds is 3. The van der Waals surface area contributed by atoms with Crippen molar-refractivity contribution in [2.75, 3.05) is 0 Å². The summed E-state index contributed by atoms with van der Waals surface area (Å²) in [6.07, 6.45) is 3.80. The minimum atomic E-state index is 0.0572. The number of ketones is 1. The lowest BCUT2D eigenvalue weighted by molar-refractivity contribution is 0.0988. The standard InChI is InChI=1S/C12H11IN2O/c1-15-7-11(14-8-15)12(16)6-9-2-4-10(13)5-3-9/h2-5,7-8H,6H2,1H3. The molecule has 82 valence electrons. The number of benzene rings is 1. The highest BCUT2D eigenvalue weighted by Gasteiger charge is 2.09. The zero-order valence-corrected chi connectivity index (χ0v) is 11.0. The minimum absolute atomic E-state index is 0.0572. The number of carbonyl (C=O) groups excluding carboxylic acids is 1. The van der Waals surface area contributed by atoms with E-state index in [2.05, 4.69) is 27.6 Å². The van der Waals surface area contributed by atoms with Gasteiger partial charge in [-0.15, -0.1) is 0 Å². The van der Waals surface area contributed by atoms with E-state index in [0.717, 1.165) is 5.56 Å². The van der Waals surface area contributed by atoms with Gasteiger partial charge in [-0.2, -0.15) is 0 Å². The van der Waals surface area contributed by atoms with E-state index in [0.29, 0.717) is 12.1 Å². The predicted molar refractivity (Wildman–Crippen MR) is 70.4 cm³/mol. The topological polar surface area (TPSA) is 34.9 Å². The molecule has 0 saturated carbocycles. The summed E-state index contributed by atoms with van der Waals surface area (Å²) in [5, 5.41) is 0. The van der Waals surface area contributed by atoms with Crippen LogP contribution in [0.4, 0.5) is 0 Å². The molecule has 0 saturated heterocycles. The highest BCUT2D eigenvalue weighted by molar-refractivity contribution is 14.1. The van der Waals surface area contributed by atoms with E-state index in [1.54, 1.807) is 17.1 Å². The lowest BCUT2D eigenvalue weighted by atomic mass is 10.1. The van der Waals surface area contributed by atoms with Crippen molar-refractivity contribution in [2.45, 2.75) is 6.42 Å². The first kappa shape index (κ1) is 11.3. The summed E-state index contributed by atoms with van der Waals surface area (Å²) in [7, 11) is 1.86. The molecule has 0 amide bonds. The summed E-state index contributed by atoms with van der Waals surface area (Å²) in [5.74, 6) is 0.0572. The van der Waals surface area contributed by atoms with Gasteiger partial charge in [0.05, 0.1) is 6.33 Å². The summed E-state index contributed by atoms with van der Waals surface area (Å²) >= 11 is 2.24. The van der Waals surface area contributed by atoms with E-state index in [1.807, 2.05) is 31.3 Å². The van der Waals surface area contributed by atoms with Crippen LogP contribution in [0, 0.1) is 3.57 Å². The first-order valence-corrected chi connectivity index (χ1v) is 5.98. The molecule has 3 nitrogen and oxygen atoms in total. The van der Waals surface area contributed by atoms with Gasteiger partial charge >= 0.3 is 0 Å². The first-order chi connectivity index (χ1) is 7.65. The number of aryl methyl sites for hydroxylation is 1. The Morgan fingerprint density at radius 3 is 2.62 bits per heavy atom. The molecule has 0 aliphatic heterocycles. The summed E-state index contributed by atoms with van der Waals surface area (Å²) in [6.45, 7) is 0. The monoisotopic (exact) mass is 326 g/mol. The molecule has 0 aliphatic carbocycles. The largest absolute Gasteiger partial charge is 0.340 e. The SMILES string of the molecule is Cn1cnc(C(=O)Cc2ccc(I)cc2)c1. The van der Waals surface area contributed by atoms with Crippen molar-refractivity contribution in [1.82, 2.24) is 9.55 Å². The van der Waals surface area contributed by atoms with Crippen molar-refractivity contribution < 1.29 is 4.79 Å². The van der Waals surface area contributed by atoms with Crippen molar-refractivity contribution in [3.63, 3.8) is 0 Å². The number of aromatic nitrogens is 2. The van der Waals surface area contributed by atoms with Gasteiger partial charge in [-0.3, -0.25) is 4.79 Å². The van der Waals surface area contributed by atoms with E-state index in [4.69, 9.17) is 0 Å². The van der Waals surface area contributed by atoms with Gasteiger partial charge in [-0.25, -0.2) is 4.98 Å². The van der Waals surface area contributed by atoms with Gasteiger partial charge in [-0.1, -0.05) is 12.1 Å². The molecule has 0 radical (unpaired) electrons. The van der Waals surface area contributed by atoms with Crippen molar-refractivity contribution in [2.24, 2.45) is 7.05 Å². The molecule has 1 aromatic heterocycles. The number of imidazole rings is 1. The summed E-state index contributed by atoms with van der Waals surface area (Å²) < 4.78 is 2.95. The molecule has 2 rings (SSSR count). The second-order valence-electron chi connectivity index (χ2n) is 3.65. The normalized spacial score (nSPS) is 10.4. The van der Waals surface area contributed by atoms with Crippen molar-refractivity contribution in [3.05, 3.63) is 51.6 Å². The smallest absolute Gasteiger partial charge is 0.187 e. The van der Waals surface area contributed by atoms with E-state index in [1.165, 1.54) is 3.57 Å². The average Bonchev–Trinajstić information content (AvgIpc) is 2.68. The molecule has 4 heteroatoms. The maximum Gasteiger partial charge on any atom is 0.187 e. The molecule has 2 aromatic rings. The Morgan fingerprint density at radius 1 is 1.38 bits per heavy atom. The summed E-state index contributed by atoms with van der Waals surface area (Å²) in [5.41, 5.74) is 1.55. The molecule has 1 aromatic carbocycles. The Labute approximate surface area is 108 Å². The number of halogens is 1. The van der Waals surface area contributed by atoms with Crippen LogP contribution in [0.15, 0.2) is 36.8 Å². The molecule has 0 bridgehead atoms.